The van der Waals surface area contributed by atoms with Crippen molar-refractivity contribution >= 4 is 11.7 Å². The summed E-state index contributed by atoms with van der Waals surface area (Å²) >= 11 is 0. The highest BCUT2D eigenvalue weighted by Crippen LogP contribution is 2.21. The number of aromatic nitrogens is 2. The van der Waals surface area contributed by atoms with Gasteiger partial charge < -0.3 is 10.6 Å². The average Bonchev–Trinajstić information content (AvgIpc) is 2.80. The van der Waals surface area contributed by atoms with Gasteiger partial charge in [0, 0.05) is 12.3 Å². The van der Waals surface area contributed by atoms with Gasteiger partial charge in [-0.2, -0.15) is 0 Å². The molecule has 2 aromatic carbocycles. The second-order valence-corrected chi connectivity index (χ2v) is 7.93. The third-order valence-corrected chi connectivity index (χ3v) is 5.58. The molecule has 2 aromatic heterocycles. The summed E-state index contributed by atoms with van der Waals surface area (Å²) in [5.74, 6) is 0. The third-order valence-electron chi connectivity index (χ3n) is 5.58. The molecule has 1 unspecified atom stereocenters. The van der Waals surface area contributed by atoms with Crippen LogP contribution < -0.4 is 16.2 Å². The average molecular weight is 427 g/mol. The summed E-state index contributed by atoms with van der Waals surface area (Å²) in [5, 5.41) is 5.93. The molecule has 6 nitrogen and oxygen atoms in total. The quantitative estimate of drug-likeness (QED) is 0.488. The molecule has 32 heavy (non-hydrogen) atoms. The Balaban J connectivity index is 1.49. The van der Waals surface area contributed by atoms with Crippen LogP contribution in [0.15, 0.2) is 83.8 Å². The van der Waals surface area contributed by atoms with E-state index < -0.39 is 0 Å². The molecule has 0 spiro atoms. The Hall–Kier alpha value is -3.93. The van der Waals surface area contributed by atoms with Crippen LogP contribution in [0.1, 0.15) is 34.0 Å². The first-order valence-corrected chi connectivity index (χ1v) is 10.6. The van der Waals surface area contributed by atoms with Crippen molar-refractivity contribution in [2.24, 2.45) is 0 Å². The number of fused-ring (bicyclic) bond motifs is 1. The molecule has 0 aliphatic carbocycles. The second-order valence-electron chi connectivity index (χ2n) is 7.93. The summed E-state index contributed by atoms with van der Waals surface area (Å²) in [6, 6.07) is 22.7. The Labute approximate surface area is 187 Å². The van der Waals surface area contributed by atoms with E-state index in [1.165, 1.54) is 21.6 Å². The Morgan fingerprint density at radius 3 is 2.53 bits per heavy atom. The number of carbonyl (C=O) groups is 1. The number of benzene rings is 2. The Morgan fingerprint density at radius 2 is 1.75 bits per heavy atom. The molecule has 0 bridgehead atoms. The van der Waals surface area contributed by atoms with Crippen molar-refractivity contribution < 1.29 is 4.79 Å². The first kappa shape index (κ1) is 21.3. The van der Waals surface area contributed by atoms with E-state index >= 15 is 0 Å². The van der Waals surface area contributed by atoms with Gasteiger partial charge in [0.2, 0.25) is 0 Å². The van der Waals surface area contributed by atoms with Crippen molar-refractivity contribution in [1.82, 2.24) is 20.0 Å². The number of pyridine rings is 1. The van der Waals surface area contributed by atoms with Gasteiger partial charge in [0.05, 0.1) is 18.3 Å². The predicted octanol–water partition coefficient (Wildman–Crippen LogP) is 4.09. The maximum atomic E-state index is 12.8. The van der Waals surface area contributed by atoms with Crippen LogP contribution >= 0.6 is 0 Å². The zero-order valence-electron chi connectivity index (χ0n) is 18.2. The number of hydrogen-bond donors (Lipinski definition) is 2. The zero-order valence-corrected chi connectivity index (χ0v) is 18.2. The lowest BCUT2D eigenvalue weighted by molar-refractivity contribution is 0.236. The maximum Gasteiger partial charge on any atom is 0.315 e. The van der Waals surface area contributed by atoms with Crippen LogP contribution in [-0.4, -0.2) is 15.4 Å². The lowest BCUT2D eigenvalue weighted by Crippen LogP contribution is -2.38. The van der Waals surface area contributed by atoms with E-state index in [1.807, 2.05) is 24.3 Å². The number of rotatable bonds is 6. The summed E-state index contributed by atoms with van der Waals surface area (Å²) in [6.45, 7) is 4.31. The summed E-state index contributed by atoms with van der Waals surface area (Å²) in [7, 11) is 0. The molecule has 2 heterocycles. The number of aryl methyl sites for hydroxylation is 2. The van der Waals surface area contributed by atoms with Gasteiger partial charge in [-0.25, -0.2) is 9.78 Å². The molecule has 0 radical (unpaired) electrons. The molecule has 0 saturated heterocycles. The molecular formula is C26H26N4O2. The summed E-state index contributed by atoms with van der Waals surface area (Å²) in [4.78, 5) is 29.5. The minimum absolute atomic E-state index is 0.164. The molecule has 0 saturated carbocycles. The Bertz CT molecular complexity index is 1300. The topological polar surface area (TPSA) is 75.5 Å². The van der Waals surface area contributed by atoms with E-state index in [0.717, 1.165) is 11.1 Å². The smallest absolute Gasteiger partial charge is 0.315 e. The van der Waals surface area contributed by atoms with E-state index in [2.05, 4.69) is 59.8 Å². The van der Waals surface area contributed by atoms with E-state index in [4.69, 9.17) is 0 Å². The molecule has 162 valence electrons. The normalized spacial score (nSPS) is 11.8. The number of amides is 2. The van der Waals surface area contributed by atoms with E-state index in [1.54, 1.807) is 18.3 Å². The molecule has 1 atom stereocenters. The monoisotopic (exact) mass is 426 g/mol. The Kier molecular flexibility index (Phi) is 6.31. The summed E-state index contributed by atoms with van der Waals surface area (Å²) in [5.41, 5.74) is 5.48. The standard InChI is InChI=1S/C26H26N4O2/c1-18-11-12-21(14-19(18)2)23(15-20-8-4-3-5-9-20)29-26(32)27-17-22-16-25(31)30-13-7-6-10-24(30)28-22/h3-14,16,23H,15,17H2,1-2H3,(H2,27,29,32). The van der Waals surface area contributed by atoms with Crippen LogP contribution in [0.4, 0.5) is 4.79 Å². The van der Waals surface area contributed by atoms with Crippen molar-refractivity contribution in [2.45, 2.75) is 32.9 Å². The highest BCUT2D eigenvalue weighted by atomic mass is 16.2. The number of nitrogens with zero attached hydrogens (tertiary/aromatic N) is 2. The van der Waals surface area contributed by atoms with Gasteiger partial charge in [0.15, 0.2) is 0 Å². The number of nitrogens with one attached hydrogen (secondary N) is 2. The molecular weight excluding hydrogens is 400 g/mol. The van der Waals surface area contributed by atoms with Crippen molar-refractivity contribution in [3.63, 3.8) is 0 Å². The van der Waals surface area contributed by atoms with Crippen molar-refractivity contribution in [2.75, 3.05) is 0 Å². The van der Waals surface area contributed by atoms with Gasteiger partial charge in [0.25, 0.3) is 5.56 Å². The molecule has 2 amide bonds. The fourth-order valence-electron chi connectivity index (χ4n) is 3.66. The van der Waals surface area contributed by atoms with Gasteiger partial charge >= 0.3 is 6.03 Å². The van der Waals surface area contributed by atoms with Crippen LogP contribution in [0.3, 0.4) is 0 Å². The van der Waals surface area contributed by atoms with Gasteiger partial charge in [0.1, 0.15) is 5.65 Å². The molecule has 4 rings (SSSR count). The molecule has 0 aliphatic rings. The van der Waals surface area contributed by atoms with Crippen LogP contribution in [-0.2, 0) is 13.0 Å². The second kappa shape index (κ2) is 9.47. The lowest BCUT2D eigenvalue weighted by Gasteiger charge is -2.21. The fourth-order valence-corrected chi connectivity index (χ4v) is 3.66. The lowest BCUT2D eigenvalue weighted by atomic mass is 9.96. The van der Waals surface area contributed by atoms with Crippen molar-refractivity contribution in [3.05, 3.63) is 117 Å². The van der Waals surface area contributed by atoms with Gasteiger partial charge in [-0.1, -0.05) is 54.6 Å². The van der Waals surface area contributed by atoms with E-state index in [0.29, 0.717) is 17.8 Å². The molecule has 0 aliphatic heterocycles. The Morgan fingerprint density at radius 1 is 0.969 bits per heavy atom. The van der Waals surface area contributed by atoms with Crippen LogP contribution in [0, 0.1) is 13.8 Å². The highest BCUT2D eigenvalue weighted by Gasteiger charge is 2.16. The minimum atomic E-state index is -0.306. The molecule has 0 fully saturated rings. The first-order chi connectivity index (χ1) is 15.5. The maximum absolute atomic E-state index is 12.8. The predicted molar refractivity (Wildman–Crippen MR) is 126 cm³/mol. The van der Waals surface area contributed by atoms with E-state index in [-0.39, 0.29) is 24.2 Å². The van der Waals surface area contributed by atoms with Crippen molar-refractivity contribution in [1.29, 1.82) is 0 Å². The molecule has 2 N–H and O–H groups in total. The number of hydrogen-bond acceptors (Lipinski definition) is 3. The van der Waals surface area contributed by atoms with Crippen LogP contribution in [0.5, 0.6) is 0 Å². The number of carbonyl (C=O) groups excluding carboxylic acids is 1. The fraction of sp³-hybridized carbons (Fsp3) is 0.192. The van der Waals surface area contributed by atoms with Crippen LogP contribution in [0.25, 0.3) is 5.65 Å². The first-order valence-electron chi connectivity index (χ1n) is 10.6. The molecule has 6 heteroatoms. The zero-order chi connectivity index (χ0) is 22.5. The van der Waals surface area contributed by atoms with Gasteiger partial charge in [-0.15, -0.1) is 0 Å². The van der Waals surface area contributed by atoms with Crippen molar-refractivity contribution in [3.8, 4) is 0 Å². The number of urea groups is 1. The van der Waals surface area contributed by atoms with E-state index in [9.17, 15) is 9.59 Å². The molecule has 4 aromatic rings. The van der Waals surface area contributed by atoms with Gasteiger partial charge in [-0.3, -0.25) is 9.20 Å². The third kappa shape index (κ3) is 5.03. The largest absolute Gasteiger partial charge is 0.332 e. The summed E-state index contributed by atoms with van der Waals surface area (Å²) in [6.07, 6.45) is 2.35. The summed E-state index contributed by atoms with van der Waals surface area (Å²) < 4.78 is 1.47. The highest BCUT2D eigenvalue weighted by molar-refractivity contribution is 5.74. The SMILES string of the molecule is Cc1ccc(C(Cc2ccccc2)NC(=O)NCc2cc(=O)n3ccccc3n2)cc1C. The van der Waals surface area contributed by atoms with Crippen LogP contribution in [0.2, 0.25) is 0 Å². The van der Waals surface area contributed by atoms with Gasteiger partial charge in [-0.05, 0) is 54.7 Å². The minimum Gasteiger partial charge on any atom is -0.332 e.